The van der Waals surface area contributed by atoms with Crippen LogP contribution in [0.2, 0.25) is 0 Å². The normalized spacial score (nSPS) is 34.0. The topological polar surface area (TPSA) is 96.4 Å². The summed E-state index contributed by atoms with van der Waals surface area (Å²) in [7, 11) is 0. The zero-order valence-corrected chi connectivity index (χ0v) is 19.7. The molecule has 4 heterocycles. The Morgan fingerprint density at radius 3 is 2.70 bits per heavy atom. The summed E-state index contributed by atoms with van der Waals surface area (Å²) < 4.78 is 11.8. The second-order valence-corrected chi connectivity index (χ2v) is 9.60. The summed E-state index contributed by atoms with van der Waals surface area (Å²) in [6.07, 6.45) is 11.8. The van der Waals surface area contributed by atoms with Crippen LogP contribution in [0.15, 0.2) is 24.3 Å². The maximum Gasteiger partial charge on any atom is 0.313 e. The minimum Gasteiger partial charge on any atom is -0.461 e. The Morgan fingerprint density at radius 1 is 1.15 bits per heavy atom. The molecule has 2 amide bonds. The molecule has 6 atom stereocenters. The first kappa shape index (κ1) is 24.0. The Balaban J connectivity index is 1.69. The first-order chi connectivity index (χ1) is 16.0. The fourth-order valence-electron chi connectivity index (χ4n) is 5.94. The number of hydrogen-bond donors (Lipinski definition) is 1. The van der Waals surface area contributed by atoms with E-state index in [0.29, 0.717) is 13.1 Å². The van der Waals surface area contributed by atoms with Gasteiger partial charge >= 0.3 is 5.97 Å². The van der Waals surface area contributed by atoms with Crippen molar-refractivity contribution in [1.29, 1.82) is 0 Å². The number of aliphatic hydroxyl groups is 1. The largest absolute Gasteiger partial charge is 0.461 e. The molecule has 0 saturated carbocycles. The van der Waals surface area contributed by atoms with E-state index < -0.39 is 35.6 Å². The number of esters is 1. The number of nitrogens with zero attached hydrogens (tertiary/aromatic N) is 2. The smallest absolute Gasteiger partial charge is 0.313 e. The maximum absolute atomic E-state index is 14.0. The molecule has 0 aromatic heterocycles. The van der Waals surface area contributed by atoms with Gasteiger partial charge in [-0.25, -0.2) is 0 Å². The highest BCUT2D eigenvalue weighted by atomic mass is 16.6. The third kappa shape index (κ3) is 4.12. The van der Waals surface area contributed by atoms with Gasteiger partial charge in [0.05, 0.1) is 12.0 Å². The van der Waals surface area contributed by atoms with E-state index in [4.69, 9.17) is 14.6 Å². The first-order valence-electron chi connectivity index (χ1n) is 12.4. The number of unbranched alkanes of at least 4 members (excludes halogenated alkanes) is 3. The van der Waals surface area contributed by atoms with E-state index in [1.54, 1.807) is 17.1 Å². The number of amides is 2. The minimum absolute atomic E-state index is 0.0413. The molecule has 33 heavy (non-hydrogen) atoms. The highest BCUT2D eigenvalue weighted by Gasteiger charge is 2.71. The number of cyclic esters (lactones) is 1. The van der Waals surface area contributed by atoms with Gasteiger partial charge in [0.2, 0.25) is 11.8 Å². The minimum atomic E-state index is -1.17. The monoisotopic (exact) mass is 460 g/mol. The average Bonchev–Trinajstić information content (AvgIpc) is 3.08. The van der Waals surface area contributed by atoms with Crippen LogP contribution in [-0.2, 0) is 23.9 Å². The summed E-state index contributed by atoms with van der Waals surface area (Å²) in [5.74, 6) is -2.28. The van der Waals surface area contributed by atoms with E-state index in [-0.39, 0.29) is 31.1 Å². The number of fused-ring (bicyclic) bond motifs is 2. The van der Waals surface area contributed by atoms with Crippen molar-refractivity contribution in [3.63, 3.8) is 0 Å². The maximum atomic E-state index is 14.0. The Morgan fingerprint density at radius 2 is 1.94 bits per heavy atom. The second kappa shape index (κ2) is 9.97. The van der Waals surface area contributed by atoms with Crippen LogP contribution < -0.4 is 0 Å². The zero-order chi connectivity index (χ0) is 23.6. The molecule has 0 radical (unpaired) electrons. The number of carbonyl (C=O) groups excluding carboxylic acids is 3. The molecule has 8 heteroatoms. The molecule has 0 aromatic carbocycles. The molecule has 1 spiro atoms. The van der Waals surface area contributed by atoms with Crippen molar-refractivity contribution >= 4 is 17.8 Å². The molecule has 4 rings (SSSR count). The van der Waals surface area contributed by atoms with E-state index in [9.17, 15) is 14.4 Å². The van der Waals surface area contributed by atoms with Gasteiger partial charge in [0, 0.05) is 25.7 Å². The SMILES string of the molecule is CCCC(C)N1CC=C[C@]23O[C@@H]4C=CCOC(=O)[C@@H]4[C@H]2C(=O)N(CCCCCCO)C3C1=O. The molecule has 1 N–H and O–H groups in total. The summed E-state index contributed by atoms with van der Waals surface area (Å²) in [6.45, 7) is 5.33. The van der Waals surface area contributed by atoms with Gasteiger partial charge in [0.25, 0.3) is 0 Å². The molecule has 0 aromatic rings. The van der Waals surface area contributed by atoms with Gasteiger partial charge in [0.1, 0.15) is 24.2 Å². The third-order valence-corrected chi connectivity index (χ3v) is 7.49. The number of rotatable bonds is 9. The Bertz CT molecular complexity index is 826. The van der Waals surface area contributed by atoms with Crippen LogP contribution in [0.1, 0.15) is 52.4 Å². The molecule has 2 fully saturated rings. The van der Waals surface area contributed by atoms with Gasteiger partial charge < -0.3 is 24.4 Å². The van der Waals surface area contributed by atoms with E-state index >= 15 is 0 Å². The van der Waals surface area contributed by atoms with Crippen molar-refractivity contribution in [1.82, 2.24) is 9.80 Å². The van der Waals surface area contributed by atoms with Gasteiger partial charge in [-0.1, -0.05) is 44.4 Å². The first-order valence-corrected chi connectivity index (χ1v) is 12.4. The second-order valence-electron chi connectivity index (χ2n) is 9.60. The average molecular weight is 461 g/mol. The fourth-order valence-corrected chi connectivity index (χ4v) is 5.94. The molecule has 8 nitrogen and oxygen atoms in total. The summed E-state index contributed by atoms with van der Waals surface area (Å²) in [6, 6.07) is -0.751. The number of likely N-dealkylation sites (tertiary alicyclic amines) is 1. The molecule has 0 bridgehead atoms. The van der Waals surface area contributed by atoms with Crippen molar-refractivity contribution < 1.29 is 29.0 Å². The van der Waals surface area contributed by atoms with Crippen molar-refractivity contribution in [2.75, 3.05) is 26.3 Å². The number of hydrogen-bond acceptors (Lipinski definition) is 6. The van der Waals surface area contributed by atoms with Crippen molar-refractivity contribution in [3.8, 4) is 0 Å². The third-order valence-electron chi connectivity index (χ3n) is 7.49. The zero-order valence-electron chi connectivity index (χ0n) is 19.7. The van der Waals surface area contributed by atoms with Crippen LogP contribution in [-0.4, -0.2) is 82.8 Å². The van der Waals surface area contributed by atoms with E-state index in [0.717, 1.165) is 38.5 Å². The molecule has 2 saturated heterocycles. The summed E-state index contributed by atoms with van der Waals surface area (Å²) in [5.41, 5.74) is -1.17. The van der Waals surface area contributed by atoms with Gasteiger partial charge in [0.15, 0.2) is 0 Å². The fraction of sp³-hybridized carbons (Fsp3) is 0.720. The Kier molecular flexibility index (Phi) is 7.24. The molecule has 0 aliphatic carbocycles. The van der Waals surface area contributed by atoms with Crippen molar-refractivity contribution in [3.05, 3.63) is 24.3 Å². The van der Waals surface area contributed by atoms with Crippen LogP contribution in [0.25, 0.3) is 0 Å². The molecule has 4 aliphatic rings. The van der Waals surface area contributed by atoms with Gasteiger partial charge in [-0.3, -0.25) is 14.4 Å². The van der Waals surface area contributed by atoms with Gasteiger partial charge in [-0.05, 0) is 32.3 Å². The number of carbonyl (C=O) groups is 3. The lowest BCUT2D eigenvalue weighted by Gasteiger charge is -2.37. The van der Waals surface area contributed by atoms with Crippen molar-refractivity contribution in [2.24, 2.45) is 11.8 Å². The van der Waals surface area contributed by atoms with Crippen molar-refractivity contribution in [2.45, 2.75) is 76.2 Å². The summed E-state index contributed by atoms with van der Waals surface area (Å²) in [4.78, 5) is 44.1. The van der Waals surface area contributed by atoms with E-state index in [2.05, 4.69) is 6.92 Å². The molecule has 4 aliphatic heterocycles. The molecule has 2 unspecified atom stereocenters. The van der Waals surface area contributed by atoms with Crippen LogP contribution in [0.5, 0.6) is 0 Å². The summed E-state index contributed by atoms with van der Waals surface area (Å²) >= 11 is 0. The van der Waals surface area contributed by atoms with E-state index in [1.807, 2.05) is 24.0 Å². The Hall–Kier alpha value is -2.19. The summed E-state index contributed by atoms with van der Waals surface area (Å²) in [5, 5.41) is 9.04. The molecular formula is C25H36N2O6. The van der Waals surface area contributed by atoms with Crippen LogP contribution in [0, 0.1) is 11.8 Å². The molecule has 182 valence electrons. The lowest BCUT2D eigenvalue weighted by atomic mass is 9.78. The predicted molar refractivity (Wildman–Crippen MR) is 121 cm³/mol. The standard InChI is InChI=1S/C25H36N2O6/c1-3-10-17(2)26-14-9-12-25-20(19-18(33-25)11-8-16-32-24(19)31)22(29)27(21(25)23(26)30)13-6-4-5-7-15-28/h8-9,11-12,17-21,28H,3-7,10,13-16H2,1-2H3/t17?,18-,19+,20+,21?,25+/m1/s1. The number of aliphatic hydroxyl groups excluding tert-OH is 1. The highest BCUT2D eigenvalue weighted by Crippen LogP contribution is 2.53. The van der Waals surface area contributed by atoms with Crippen LogP contribution in [0.3, 0.4) is 0 Å². The highest BCUT2D eigenvalue weighted by molar-refractivity contribution is 5.99. The van der Waals surface area contributed by atoms with Crippen LogP contribution in [0.4, 0.5) is 0 Å². The number of ether oxygens (including phenoxy) is 2. The molecular weight excluding hydrogens is 424 g/mol. The van der Waals surface area contributed by atoms with E-state index in [1.165, 1.54) is 0 Å². The van der Waals surface area contributed by atoms with Gasteiger partial charge in [-0.15, -0.1) is 0 Å². The van der Waals surface area contributed by atoms with Gasteiger partial charge in [-0.2, -0.15) is 0 Å². The lowest BCUT2D eigenvalue weighted by Crippen LogP contribution is -2.56. The Labute approximate surface area is 195 Å². The van der Waals surface area contributed by atoms with Crippen LogP contribution >= 0.6 is 0 Å². The quantitative estimate of drug-likeness (QED) is 0.320. The lowest BCUT2D eigenvalue weighted by molar-refractivity contribution is -0.153. The predicted octanol–water partition coefficient (Wildman–Crippen LogP) is 1.82.